The summed E-state index contributed by atoms with van der Waals surface area (Å²) in [4.78, 5) is 15.1. The van der Waals surface area contributed by atoms with Gasteiger partial charge in [-0.1, -0.05) is 42.0 Å². The highest BCUT2D eigenvalue weighted by Crippen LogP contribution is 2.34. The first-order chi connectivity index (χ1) is 11.2. The monoisotopic (exact) mass is 305 g/mol. The van der Waals surface area contributed by atoms with Crippen LogP contribution in [0.3, 0.4) is 0 Å². The summed E-state index contributed by atoms with van der Waals surface area (Å²) in [5.41, 5.74) is 4.00. The third kappa shape index (κ3) is 2.40. The van der Waals surface area contributed by atoms with Crippen LogP contribution in [0.4, 0.5) is 0 Å². The first kappa shape index (κ1) is 14.0. The fourth-order valence-electron chi connectivity index (χ4n) is 3.45. The number of hydrogen-bond acceptors (Lipinski definition) is 2. The number of carbonyl (C=O) groups is 1. The number of benzene rings is 2. The minimum Gasteiger partial charge on any atom is -0.332 e. The Hall–Kier alpha value is -2.62. The molecule has 116 valence electrons. The average Bonchev–Trinajstić information content (AvgIpc) is 3.23. The molecule has 0 radical (unpaired) electrons. The van der Waals surface area contributed by atoms with Gasteiger partial charge in [-0.3, -0.25) is 9.89 Å². The van der Waals surface area contributed by atoms with Gasteiger partial charge in [-0.2, -0.15) is 5.10 Å². The van der Waals surface area contributed by atoms with E-state index in [0.29, 0.717) is 5.56 Å². The molecule has 0 saturated carbocycles. The highest BCUT2D eigenvalue weighted by Gasteiger charge is 2.31. The van der Waals surface area contributed by atoms with Crippen LogP contribution < -0.4 is 0 Å². The van der Waals surface area contributed by atoms with E-state index in [1.165, 1.54) is 11.1 Å². The van der Waals surface area contributed by atoms with E-state index in [0.717, 1.165) is 30.3 Å². The van der Waals surface area contributed by atoms with Gasteiger partial charge in [0.2, 0.25) is 0 Å². The number of rotatable bonds is 2. The van der Waals surface area contributed by atoms with Gasteiger partial charge in [0.05, 0.1) is 23.3 Å². The van der Waals surface area contributed by atoms with Crippen molar-refractivity contribution in [1.82, 2.24) is 15.1 Å². The summed E-state index contributed by atoms with van der Waals surface area (Å²) in [7, 11) is 0. The number of fused-ring (bicyclic) bond motifs is 1. The molecule has 1 N–H and O–H groups in total. The number of para-hydroxylation sites is 1. The molecule has 0 spiro atoms. The van der Waals surface area contributed by atoms with Crippen LogP contribution in [0.15, 0.2) is 48.7 Å². The standard InChI is InChI=1S/C19H19N3O/c1-13-7-9-14(10-8-13)17-6-3-11-22(17)19(23)16-5-2-4-15-12-20-21-18(15)16/h2,4-5,7-10,12,17H,3,6,11H2,1H3,(H,20,21). The molecule has 0 bridgehead atoms. The molecule has 2 heterocycles. The van der Waals surface area contributed by atoms with Crippen molar-refractivity contribution in [2.75, 3.05) is 6.54 Å². The molecule has 2 aromatic carbocycles. The molecular weight excluding hydrogens is 286 g/mol. The number of amides is 1. The van der Waals surface area contributed by atoms with E-state index < -0.39 is 0 Å². The number of nitrogens with one attached hydrogen (secondary N) is 1. The van der Waals surface area contributed by atoms with Crippen molar-refractivity contribution in [1.29, 1.82) is 0 Å². The van der Waals surface area contributed by atoms with E-state index in [1.807, 2.05) is 23.1 Å². The molecule has 23 heavy (non-hydrogen) atoms. The quantitative estimate of drug-likeness (QED) is 0.782. The molecule has 1 atom stereocenters. The molecule has 4 heteroatoms. The first-order valence-corrected chi connectivity index (χ1v) is 8.03. The number of aryl methyl sites for hydroxylation is 1. The lowest BCUT2D eigenvalue weighted by molar-refractivity contribution is 0.0737. The second-order valence-electron chi connectivity index (χ2n) is 6.21. The number of nitrogens with zero attached hydrogens (tertiary/aromatic N) is 2. The predicted octanol–water partition coefficient (Wildman–Crippen LogP) is 3.85. The normalized spacial score (nSPS) is 17.8. The van der Waals surface area contributed by atoms with E-state index in [1.54, 1.807) is 6.20 Å². The van der Waals surface area contributed by atoms with Crippen molar-refractivity contribution < 1.29 is 4.79 Å². The summed E-state index contributed by atoms with van der Waals surface area (Å²) >= 11 is 0. The van der Waals surface area contributed by atoms with Crippen LogP contribution in [-0.4, -0.2) is 27.5 Å². The van der Waals surface area contributed by atoms with Crippen LogP contribution in [0.5, 0.6) is 0 Å². The summed E-state index contributed by atoms with van der Waals surface area (Å²) < 4.78 is 0. The lowest BCUT2D eigenvalue weighted by Gasteiger charge is -2.25. The van der Waals surface area contributed by atoms with Gasteiger partial charge in [-0.25, -0.2) is 0 Å². The molecule has 1 unspecified atom stereocenters. The molecule has 4 rings (SSSR count). The minimum absolute atomic E-state index is 0.0860. The van der Waals surface area contributed by atoms with Crippen LogP contribution in [-0.2, 0) is 0 Å². The topological polar surface area (TPSA) is 49.0 Å². The zero-order chi connectivity index (χ0) is 15.8. The number of carbonyl (C=O) groups excluding carboxylic acids is 1. The summed E-state index contributed by atoms with van der Waals surface area (Å²) in [6.07, 6.45) is 3.82. The summed E-state index contributed by atoms with van der Waals surface area (Å²) in [5, 5.41) is 7.99. The van der Waals surface area contributed by atoms with Gasteiger partial charge < -0.3 is 4.90 Å². The van der Waals surface area contributed by atoms with Crippen LogP contribution in [0.25, 0.3) is 10.9 Å². The number of aromatic nitrogens is 2. The first-order valence-electron chi connectivity index (χ1n) is 8.03. The maximum atomic E-state index is 13.1. The van der Waals surface area contributed by atoms with E-state index in [-0.39, 0.29) is 11.9 Å². The fraction of sp³-hybridized carbons (Fsp3) is 0.263. The molecule has 4 nitrogen and oxygen atoms in total. The van der Waals surface area contributed by atoms with Crippen molar-refractivity contribution in [2.24, 2.45) is 0 Å². The SMILES string of the molecule is Cc1ccc(C2CCCN2C(=O)c2cccc3cn[nH]c23)cc1. The average molecular weight is 305 g/mol. The van der Waals surface area contributed by atoms with Crippen molar-refractivity contribution in [3.63, 3.8) is 0 Å². The van der Waals surface area contributed by atoms with E-state index in [2.05, 4.69) is 41.4 Å². The largest absolute Gasteiger partial charge is 0.332 e. The lowest BCUT2D eigenvalue weighted by Crippen LogP contribution is -2.30. The number of likely N-dealkylation sites (tertiary alicyclic amines) is 1. The Morgan fingerprint density at radius 3 is 2.87 bits per heavy atom. The van der Waals surface area contributed by atoms with Crippen molar-refractivity contribution in [3.05, 3.63) is 65.4 Å². The molecule has 1 aliphatic heterocycles. The van der Waals surface area contributed by atoms with E-state index in [4.69, 9.17) is 0 Å². The Labute approximate surface area is 135 Å². The van der Waals surface area contributed by atoms with Crippen LogP contribution in [0, 0.1) is 6.92 Å². The predicted molar refractivity (Wildman–Crippen MR) is 90.3 cm³/mol. The Morgan fingerprint density at radius 2 is 2.04 bits per heavy atom. The van der Waals surface area contributed by atoms with Crippen LogP contribution >= 0.6 is 0 Å². The van der Waals surface area contributed by atoms with Gasteiger partial charge >= 0.3 is 0 Å². The number of H-pyrrole nitrogens is 1. The maximum Gasteiger partial charge on any atom is 0.256 e. The molecule has 1 amide bonds. The maximum absolute atomic E-state index is 13.1. The number of hydrogen-bond donors (Lipinski definition) is 1. The van der Waals surface area contributed by atoms with Gasteiger partial charge in [0.15, 0.2) is 0 Å². The van der Waals surface area contributed by atoms with Crippen molar-refractivity contribution in [2.45, 2.75) is 25.8 Å². The van der Waals surface area contributed by atoms with Crippen molar-refractivity contribution in [3.8, 4) is 0 Å². The minimum atomic E-state index is 0.0860. The van der Waals surface area contributed by atoms with Gasteiger partial charge in [-0.05, 0) is 31.4 Å². The highest BCUT2D eigenvalue weighted by atomic mass is 16.2. The fourth-order valence-corrected chi connectivity index (χ4v) is 3.45. The van der Waals surface area contributed by atoms with E-state index >= 15 is 0 Å². The molecule has 1 aliphatic rings. The van der Waals surface area contributed by atoms with Gasteiger partial charge in [-0.15, -0.1) is 0 Å². The molecular formula is C19H19N3O. The molecule has 1 aromatic heterocycles. The zero-order valence-electron chi connectivity index (χ0n) is 13.1. The number of aromatic amines is 1. The molecule has 3 aromatic rings. The molecule has 1 fully saturated rings. The Kier molecular flexibility index (Phi) is 3.37. The smallest absolute Gasteiger partial charge is 0.256 e. The van der Waals surface area contributed by atoms with Gasteiger partial charge in [0.25, 0.3) is 5.91 Å². The Bertz CT molecular complexity index is 850. The third-order valence-electron chi connectivity index (χ3n) is 4.68. The second-order valence-corrected chi connectivity index (χ2v) is 6.21. The third-order valence-corrected chi connectivity index (χ3v) is 4.68. The van der Waals surface area contributed by atoms with E-state index in [9.17, 15) is 4.79 Å². The Balaban J connectivity index is 1.69. The Morgan fingerprint density at radius 1 is 1.22 bits per heavy atom. The molecule has 1 saturated heterocycles. The zero-order valence-corrected chi connectivity index (χ0v) is 13.1. The highest BCUT2D eigenvalue weighted by molar-refractivity contribution is 6.05. The second kappa shape index (κ2) is 5.54. The van der Waals surface area contributed by atoms with Crippen molar-refractivity contribution >= 4 is 16.8 Å². The van der Waals surface area contributed by atoms with Gasteiger partial charge in [0.1, 0.15) is 0 Å². The lowest BCUT2D eigenvalue weighted by atomic mass is 10.0. The molecule has 0 aliphatic carbocycles. The van der Waals surface area contributed by atoms with Gasteiger partial charge in [0, 0.05) is 11.9 Å². The van der Waals surface area contributed by atoms with Crippen LogP contribution in [0.2, 0.25) is 0 Å². The summed E-state index contributed by atoms with van der Waals surface area (Å²) in [5.74, 6) is 0.0860. The summed E-state index contributed by atoms with van der Waals surface area (Å²) in [6, 6.07) is 14.5. The summed E-state index contributed by atoms with van der Waals surface area (Å²) in [6.45, 7) is 2.89. The van der Waals surface area contributed by atoms with Crippen LogP contribution in [0.1, 0.15) is 40.4 Å².